The summed E-state index contributed by atoms with van der Waals surface area (Å²) in [5.74, 6) is -0.0528. The van der Waals surface area contributed by atoms with Gasteiger partial charge in [-0.1, -0.05) is 44.2 Å². The van der Waals surface area contributed by atoms with Gasteiger partial charge in [0.1, 0.15) is 0 Å². The van der Waals surface area contributed by atoms with Crippen LogP contribution in [0.5, 0.6) is 0 Å². The number of piperidine rings is 1. The molecule has 164 valence electrons. The van der Waals surface area contributed by atoms with E-state index < -0.39 is 0 Å². The minimum Gasteiger partial charge on any atom is -0.449 e. The van der Waals surface area contributed by atoms with E-state index in [9.17, 15) is 14.4 Å². The Morgan fingerprint density at radius 3 is 2.43 bits per heavy atom. The molecule has 2 saturated heterocycles. The van der Waals surface area contributed by atoms with Crippen molar-refractivity contribution in [2.75, 3.05) is 26.2 Å². The zero-order chi connectivity index (χ0) is 21.7. The van der Waals surface area contributed by atoms with Crippen molar-refractivity contribution < 1.29 is 19.1 Å². The summed E-state index contributed by atoms with van der Waals surface area (Å²) in [6.45, 7) is 8.02. The van der Waals surface area contributed by atoms with Crippen LogP contribution in [0.15, 0.2) is 30.3 Å². The molecule has 2 unspecified atom stereocenters. The van der Waals surface area contributed by atoms with E-state index in [0.717, 1.165) is 5.56 Å². The summed E-state index contributed by atoms with van der Waals surface area (Å²) < 4.78 is 5.28. The van der Waals surface area contributed by atoms with Crippen LogP contribution in [0, 0.1) is 11.8 Å². The van der Waals surface area contributed by atoms with Crippen LogP contribution in [0.3, 0.4) is 0 Å². The Balaban J connectivity index is 1.46. The molecule has 1 N–H and O–H groups in total. The van der Waals surface area contributed by atoms with Gasteiger partial charge in [0.15, 0.2) is 0 Å². The van der Waals surface area contributed by atoms with Gasteiger partial charge in [0, 0.05) is 32.1 Å². The molecule has 2 heterocycles. The Labute approximate surface area is 178 Å². The van der Waals surface area contributed by atoms with Gasteiger partial charge < -0.3 is 19.9 Å². The molecule has 0 aliphatic carbocycles. The van der Waals surface area contributed by atoms with E-state index >= 15 is 0 Å². The third kappa shape index (κ3) is 5.52. The maximum atomic E-state index is 12.8. The van der Waals surface area contributed by atoms with Crippen molar-refractivity contribution in [3.05, 3.63) is 35.9 Å². The van der Waals surface area contributed by atoms with E-state index in [-0.39, 0.29) is 42.3 Å². The van der Waals surface area contributed by atoms with Crippen molar-refractivity contribution in [1.82, 2.24) is 15.1 Å². The second kappa shape index (κ2) is 9.96. The summed E-state index contributed by atoms with van der Waals surface area (Å²) in [4.78, 5) is 40.8. The number of hydrogen-bond acceptors (Lipinski definition) is 4. The van der Waals surface area contributed by atoms with E-state index in [1.807, 2.05) is 51.1 Å². The average molecular weight is 416 g/mol. The summed E-state index contributed by atoms with van der Waals surface area (Å²) >= 11 is 0. The minimum atomic E-state index is -0.322. The molecule has 1 aromatic rings. The topological polar surface area (TPSA) is 79.0 Å². The molecule has 2 aliphatic heterocycles. The highest BCUT2D eigenvalue weighted by Crippen LogP contribution is 2.28. The van der Waals surface area contributed by atoms with Crippen molar-refractivity contribution in [3.8, 4) is 0 Å². The van der Waals surface area contributed by atoms with Crippen LogP contribution in [0.25, 0.3) is 0 Å². The van der Waals surface area contributed by atoms with E-state index in [0.29, 0.717) is 45.0 Å². The maximum absolute atomic E-state index is 12.8. The van der Waals surface area contributed by atoms with Gasteiger partial charge in [0.25, 0.3) is 0 Å². The first-order valence-corrected chi connectivity index (χ1v) is 10.9. The number of amides is 3. The van der Waals surface area contributed by atoms with E-state index in [4.69, 9.17) is 4.74 Å². The lowest BCUT2D eigenvalue weighted by atomic mass is 10.0. The third-order valence-electron chi connectivity index (χ3n) is 5.92. The molecule has 0 radical (unpaired) electrons. The molecule has 30 heavy (non-hydrogen) atoms. The summed E-state index contributed by atoms with van der Waals surface area (Å²) in [7, 11) is 0. The monoisotopic (exact) mass is 415 g/mol. The van der Waals surface area contributed by atoms with Crippen molar-refractivity contribution in [2.24, 2.45) is 11.8 Å². The van der Waals surface area contributed by atoms with E-state index in [1.54, 1.807) is 9.80 Å². The molecule has 0 saturated carbocycles. The molecule has 2 fully saturated rings. The first kappa shape index (κ1) is 22.1. The highest BCUT2D eigenvalue weighted by molar-refractivity contribution is 5.89. The molecule has 3 amide bonds. The lowest BCUT2D eigenvalue weighted by Gasteiger charge is -2.32. The minimum absolute atomic E-state index is 0.0224. The summed E-state index contributed by atoms with van der Waals surface area (Å²) in [5.41, 5.74) is 1.07. The first-order chi connectivity index (χ1) is 14.3. The smallest absolute Gasteiger partial charge is 0.409 e. The van der Waals surface area contributed by atoms with E-state index in [1.165, 1.54) is 0 Å². The predicted octanol–water partition coefficient (Wildman–Crippen LogP) is 2.97. The Kier molecular flexibility index (Phi) is 7.34. The Morgan fingerprint density at radius 1 is 1.13 bits per heavy atom. The van der Waals surface area contributed by atoms with E-state index in [2.05, 4.69) is 5.32 Å². The number of carbonyl (C=O) groups excluding carboxylic acids is 3. The fourth-order valence-corrected chi connectivity index (χ4v) is 4.05. The van der Waals surface area contributed by atoms with Crippen molar-refractivity contribution in [1.29, 1.82) is 0 Å². The number of benzene rings is 1. The molecule has 0 aromatic heterocycles. The number of carbonyl (C=O) groups is 3. The quantitative estimate of drug-likeness (QED) is 0.775. The van der Waals surface area contributed by atoms with Gasteiger partial charge in [-0.15, -0.1) is 0 Å². The van der Waals surface area contributed by atoms with Gasteiger partial charge in [0.05, 0.1) is 18.6 Å². The second-order valence-electron chi connectivity index (χ2n) is 8.77. The van der Waals surface area contributed by atoms with Gasteiger partial charge in [0.2, 0.25) is 11.8 Å². The van der Waals surface area contributed by atoms with Crippen LogP contribution in [-0.4, -0.2) is 60.0 Å². The molecule has 7 heteroatoms. The zero-order valence-corrected chi connectivity index (χ0v) is 18.2. The SMILES string of the molecule is CC(C)COC(=O)N1CCC(NC(=O)C2CC(=O)N(C(C)c3ccccc3)C2)CC1. The Bertz CT molecular complexity index is 744. The van der Waals surface area contributed by atoms with Crippen molar-refractivity contribution in [2.45, 2.75) is 52.1 Å². The fourth-order valence-electron chi connectivity index (χ4n) is 4.05. The fraction of sp³-hybridized carbons (Fsp3) is 0.609. The molecule has 2 aliphatic rings. The molecule has 1 aromatic carbocycles. The molecule has 2 atom stereocenters. The largest absolute Gasteiger partial charge is 0.449 e. The molecular weight excluding hydrogens is 382 g/mol. The van der Waals surface area contributed by atoms with Crippen LogP contribution < -0.4 is 5.32 Å². The lowest BCUT2D eigenvalue weighted by Crippen LogP contribution is -2.48. The van der Waals surface area contributed by atoms with Gasteiger partial charge in [-0.05, 0) is 31.2 Å². The summed E-state index contributed by atoms with van der Waals surface area (Å²) in [5, 5.41) is 3.09. The molecule has 7 nitrogen and oxygen atoms in total. The normalized spacial score (nSPS) is 21.1. The second-order valence-corrected chi connectivity index (χ2v) is 8.77. The Morgan fingerprint density at radius 2 is 1.80 bits per heavy atom. The van der Waals surface area contributed by atoms with Crippen LogP contribution in [0.1, 0.15) is 51.6 Å². The highest BCUT2D eigenvalue weighted by Gasteiger charge is 2.38. The highest BCUT2D eigenvalue weighted by atomic mass is 16.6. The molecule has 0 bridgehead atoms. The zero-order valence-electron chi connectivity index (χ0n) is 18.2. The van der Waals surface area contributed by atoms with Gasteiger partial charge >= 0.3 is 6.09 Å². The number of hydrogen-bond donors (Lipinski definition) is 1. The maximum Gasteiger partial charge on any atom is 0.409 e. The lowest BCUT2D eigenvalue weighted by molar-refractivity contribution is -0.130. The summed E-state index contributed by atoms with van der Waals surface area (Å²) in [6.07, 6.45) is 1.38. The number of nitrogens with one attached hydrogen (secondary N) is 1. The predicted molar refractivity (Wildman–Crippen MR) is 114 cm³/mol. The van der Waals surface area contributed by atoms with Crippen LogP contribution in [-0.2, 0) is 14.3 Å². The van der Waals surface area contributed by atoms with Crippen LogP contribution in [0.2, 0.25) is 0 Å². The van der Waals surface area contributed by atoms with Gasteiger partial charge in [-0.2, -0.15) is 0 Å². The number of likely N-dealkylation sites (tertiary alicyclic amines) is 2. The average Bonchev–Trinajstić information content (AvgIpc) is 3.14. The first-order valence-electron chi connectivity index (χ1n) is 10.9. The Hall–Kier alpha value is -2.57. The van der Waals surface area contributed by atoms with Crippen molar-refractivity contribution in [3.63, 3.8) is 0 Å². The molecule has 3 rings (SSSR count). The van der Waals surface area contributed by atoms with Crippen LogP contribution >= 0.6 is 0 Å². The van der Waals surface area contributed by atoms with Crippen molar-refractivity contribution >= 4 is 17.9 Å². The number of nitrogens with zero attached hydrogens (tertiary/aromatic N) is 2. The summed E-state index contributed by atoms with van der Waals surface area (Å²) in [6, 6.07) is 9.87. The van der Waals surface area contributed by atoms with Crippen LogP contribution in [0.4, 0.5) is 4.79 Å². The molecular formula is C23H33N3O4. The third-order valence-corrected chi connectivity index (χ3v) is 5.92. The number of ether oxygens (including phenoxy) is 1. The molecule has 0 spiro atoms. The van der Waals surface area contributed by atoms with Gasteiger partial charge in [-0.25, -0.2) is 4.79 Å². The van der Waals surface area contributed by atoms with Gasteiger partial charge in [-0.3, -0.25) is 9.59 Å². The standard InChI is InChI=1S/C23H33N3O4/c1-16(2)15-30-23(29)25-11-9-20(10-12-25)24-22(28)19-13-21(27)26(14-19)17(3)18-7-5-4-6-8-18/h4-8,16-17,19-20H,9-15H2,1-3H3,(H,24,28). The number of rotatable bonds is 6.